The number of anilines is 1. The summed E-state index contributed by atoms with van der Waals surface area (Å²) in [7, 11) is 1.70. The number of halogens is 1. The highest BCUT2D eigenvalue weighted by Gasteiger charge is 2.12. The monoisotopic (exact) mass is 397 g/mol. The number of aryl methyl sites for hydroxylation is 1. The molecule has 0 fully saturated rings. The maximum absolute atomic E-state index is 5.19. The van der Waals surface area contributed by atoms with Crippen molar-refractivity contribution in [3.8, 4) is 11.4 Å². The van der Waals surface area contributed by atoms with Crippen LogP contribution in [0.4, 0.5) is 5.82 Å². The number of hydrogen-bond donors (Lipinski definition) is 1. The maximum atomic E-state index is 5.19. The van der Waals surface area contributed by atoms with Crippen molar-refractivity contribution in [3.63, 3.8) is 0 Å². The highest BCUT2D eigenvalue weighted by molar-refractivity contribution is 14.1. The van der Waals surface area contributed by atoms with Crippen molar-refractivity contribution in [2.45, 2.75) is 26.9 Å². The maximum Gasteiger partial charge on any atom is 0.161 e. The molecule has 0 amide bonds. The molecule has 1 N–H and O–H groups in total. The van der Waals surface area contributed by atoms with E-state index < -0.39 is 0 Å². The molecule has 1 aromatic heterocycles. The largest absolute Gasteiger partial charge is 0.380 e. The number of aromatic nitrogens is 2. The summed E-state index contributed by atoms with van der Waals surface area (Å²) in [6.45, 7) is 5.63. The summed E-state index contributed by atoms with van der Waals surface area (Å²) in [5, 5.41) is 3.32. The summed E-state index contributed by atoms with van der Waals surface area (Å²) in [6, 6.07) is 8.19. The van der Waals surface area contributed by atoms with Crippen LogP contribution in [0.5, 0.6) is 0 Å². The molecular formula is C16H20IN3O. The van der Waals surface area contributed by atoms with Gasteiger partial charge in [0.25, 0.3) is 0 Å². The lowest BCUT2D eigenvalue weighted by Gasteiger charge is -2.12. The van der Waals surface area contributed by atoms with Crippen molar-refractivity contribution in [1.82, 2.24) is 9.97 Å². The zero-order chi connectivity index (χ0) is 15.2. The van der Waals surface area contributed by atoms with E-state index in [9.17, 15) is 0 Å². The average Bonchev–Trinajstić information content (AvgIpc) is 2.50. The first kappa shape index (κ1) is 16.2. The molecule has 2 rings (SSSR count). The zero-order valence-corrected chi connectivity index (χ0v) is 14.8. The number of hydrogen-bond acceptors (Lipinski definition) is 4. The molecule has 0 aliphatic carbocycles. The molecule has 0 bridgehead atoms. The number of ether oxygens (including phenoxy) is 1. The van der Waals surface area contributed by atoms with Crippen LogP contribution in [0.2, 0.25) is 0 Å². The van der Waals surface area contributed by atoms with Crippen molar-refractivity contribution in [1.29, 1.82) is 0 Å². The van der Waals surface area contributed by atoms with Crippen molar-refractivity contribution >= 4 is 28.4 Å². The van der Waals surface area contributed by atoms with E-state index in [0.29, 0.717) is 6.61 Å². The molecule has 21 heavy (non-hydrogen) atoms. The lowest BCUT2D eigenvalue weighted by atomic mass is 10.1. The van der Waals surface area contributed by atoms with E-state index in [1.165, 1.54) is 0 Å². The van der Waals surface area contributed by atoms with Gasteiger partial charge in [-0.1, -0.05) is 25.1 Å². The van der Waals surface area contributed by atoms with E-state index in [4.69, 9.17) is 9.72 Å². The summed E-state index contributed by atoms with van der Waals surface area (Å²) < 4.78 is 6.30. The Balaban J connectivity index is 2.47. The Bertz CT molecular complexity index is 616. The van der Waals surface area contributed by atoms with E-state index >= 15 is 0 Å². The molecule has 0 aliphatic heterocycles. The van der Waals surface area contributed by atoms with Gasteiger partial charge < -0.3 is 10.1 Å². The first-order valence-corrected chi connectivity index (χ1v) is 8.16. The molecule has 0 saturated carbocycles. The van der Waals surface area contributed by atoms with Gasteiger partial charge in [-0.3, -0.25) is 0 Å². The van der Waals surface area contributed by atoms with E-state index in [2.05, 4.69) is 52.8 Å². The number of methoxy groups -OCH3 is 1. The minimum atomic E-state index is 0.596. The Labute approximate surface area is 139 Å². The molecule has 112 valence electrons. The molecule has 0 radical (unpaired) electrons. The standard InChI is InChI=1S/C16H20IN3O/c1-4-13-14(17)16(18-5-2)20-15(19-13)12-8-6-7-11(9-12)10-21-3/h6-9H,4-5,10H2,1-3H3,(H,18,19,20). The second kappa shape index (κ2) is 7.70. The fourth-order valence-electron chi connectivity index (χ4n) is 2.11. The van der Waals surface area contributed by atoms with Crippen LogP contribution in [0.25, 0.3) is 11.4 Å². The Morgan fingerprint density at radius 1 is 1.24 bits per heavy atom. The van der Waals surface area contributed by atoms with Gasteiger partial charge in [0.2, 0.25) is 0 Å². The van der Waals surface area contributed by atoms with Crippen LogP contribution < -0.4 is 5.32 Å². The molecule has 0 saturated heterocycles. The van der Waals surface area contributed by atoms with Crippen LogP contribution in [0.1, 0.15) is 25.1 Å². The fourth-order valence-corrected chi connectivity index (χ4v) is 2.92. The first-order chi connectivity index (χ1) is 10.2. The summed E-state index contributed by atoms with van der Waals surface area (Å²) >= 11 is 2.31. The van der Waals surface area contributed by atoms with Crippen molar-refractivity contribution in [2.24, 2.45) is 0 Å². The minimum absolute atomic E-state index is 0.596. The van der Waals surface area contributed by atoms with Gasteiger partial charge in [0.1, 0.15) is 5.82 Å². The van der Waals surface area contributed by atoms with Gasteiger partial charge in [-0.15, -0.1) is 0 Å². The van der Waals surface area contributed by atoms with Crippen LogP contribution in [-0.2, 0) is 17.8 Å². The number of benzene rings is 1. The fraction of sp³-hybridized carbons (Fsp3) is 0.375. The second-order valence-corrected chi connectivity index (χ2v) is 5.75. The molecule has 5 heteroatoms. The third-order valence-corrected chi connectivity index (χ3v) is 4.23. The summed E-state index contributed by atoms with van der Waals surface area (Å²) in [5.74, 6) is 1.68. The molecule has 0 spiro atoms. The highest BCUT2D eigenvalue weighted by Crippen LogP contribution is 2.25. The predicted molar refractivity (Wildman–Crippen MR) is 94.4 cm³/mol. The Morgan fingerprint density at radius 3 is 2.71 bits per heavy atom. The SMILES string of the molecule is CCNc1nc(-c2cccc(COC)c2)nc(CC)c1I. The quantitative estimate of drug-likeness (QED) is 0.752. The average molecular weight is 397 g/mol. The second-order valence-electron chi connectivity index (χ2n) is 4.67. The molecule has 0 unspecified atom stereocenters. The van der Waals surface area contributed by atoms with Gasteiger partial charge >= 0.3 is 0 Å². The number of nitrogens with zero attached hydrogens (tertiary/aromatic N) is 2. The summed E-state index contributed by atoms with van der Waals surface area (Å²) in [4.78, 5) is 9.38. The van der Waals surface area contributed by atoms with Crippen LogP contribution in [-0.4, -0.2) is 23.6 Å². The molecule has 1 heterocycles. The molecule has 0 aliphatic rings. The molecule has 0 atom stereocenters. The molecule has 2 aromatic rings. The first-order valence-electron chi connectivity index (χ1n) is 7.08. The van der Waals surface area contributed by atoms with Gasteiger partial charge in [-0.2, -0.15) is 0 Å². The van der Waals surface area contributed by atoms with Crippen LogP contribution >= 0.6 is 22.6 Å². The molecule has 4 nitrogen and oxygen atoms in total. The zero-order valence-electron chi connectivity index (χ0n) is 12.6. The van der Waals surface area contributed by atoms with E-state index in [-0.39, 0.29) is 0 Å². The van der Waals surface area contributed by atoms with Crippen LogP contribution in [0, 0.1) is 3.57 Å². The topological polar surface area (TPSA) is 47.0 Å². The summed E-state index contributed by atoms with van der Waals surface area (Å²) in [5.41, 5.74) is 3.23. The third kappa shape index (κ3) is 3.91. The van der Waals surface area contributed by atoms with E-state index in [1.54, 1.807) is 7.11 Å². The Kier molecular flexibility index (Phi) is 5.93. The third-order valence-electron chi connectivity index (χ3n) is 3.10. The molecular weight excluding hydrogens is 377 g/mol. The van der Waals surface area contributed by atoms with E-state index in [1.807, 2.05) is 18.2 Å². The van der Waals surface area contributed by atoms with Gasteiger partial charge in [0.15, 0.2) is 5.82 Å². The predicted octanol–water partition coefficient (Wildman–Crippen LogP) is 3.89. The van der Waals surface area contributed by atoms with Crippen LogP contribution in [0.3, 0.4) is 0 Å². The highest BCUT2D eigenvalue weighted by atomic mass is 127. The van der Waals surface area contributed by atoms with Crippen molar-refractivity contribution < 1.29 is 4.74 Å². The lowest BCUT2D eigenvalue weighted by Crippen LogP contribution is -2.07. The minimum Gasteiger partial charge on any atom is -0.380 e. The van der Waals surface area contributed by atoms with Gasteiger partial charge in [0.05, 0.1) is 15.9 Å². The smallest absolute Gasteiger partial charge is 0.161 e. The molecule has 1 aromatic carbocycles. The number of nitrogens with one attached hydrogen (secondary N) is 1. The van der Waals surface area contributed by atoms with Gasteiger partial charge in [0, 0.05) is 19.2 Å². The van der Waals surface area contributed by atoms with Gasteiger partial charge in [-0.25, -0.2) is 9.97 Å². The Morgan fingerprint density at radius 2 is 2.05 bits per heavy atom. The van der Waals surface area contributed by atoms with Crippen molar-refractivity contribution in [3.05, 3.63) is 39.1 Å². The summed E-state index contributed by atoms with van der Waals surface area (Å²) in [6.07, 6.45) is 0.893. The van der Waals surface area contributed by atoms with Crippen LogP contribution in [0.15, 0.2) is 24.3 Å². The Hall–Kier alpha value is -1.21. The lowest BCUT2D eigenvalue weighted by molar-refractivity contribution is 0.185. The van der Waals surface area contributed by atoms with Gasteiger partial charge in [-0.05, 0) is 47.6 Å². The number of rotatable bonds is 6. The van der Waals surface area contributed by atoms with E-state index in [0.717, 1.165) is 45.0 Å². The normalized spacial score (nSPS) is 10.7. The van der Waals surface area contributed by atoms with Crippen molar-refractivity contribution in [2.75, 3.05) is 19.0 Å².